The number of nitrogens with zero attached hydrogens (tertiary/aromatic N) is 2. The Balaban J connectivity index is 1.98. The molecule has 1 aromatic heterocycles. The summed E-state index contributed by atoms with van der Waals surface area (Å²) in [6.07, 6.45) is 0. The van der Waals surface area contributed by atoms with Crippen molar-refractivity contribution >= 4 is 11.1 Å². The molecule has 0 unspecified atom stereocenters. The largest absolute Gasteiger partial charge is 0.634 e. The Morgan fingerprint density at radius 2 is 1.48 bits per heavy atom. The Bertz CT molecular complexity index is 1030. The zero-order valence-corrected chi connectivity index (χ0v) is 12.2. The quantitative estimate of drug-likeness (QED) is 0.534. The normalized spacial score (nSPS) is 10.8. The highest BCUT2D eigenvalue weighted by atomic mass is 16.4. The first kappa shape index (κ1) is 13.4. The van der Waals surface area contributed by atoms with E-state index in [4.69, 9.17) is 4.42 Å². The fourth-order valence-electron chi connectivity index (χ4n) is 2.57. The van der Waals surface area contributed by atoms with Crippen LogP contribution in [0.2, 0.25) is 0 Å². The van der Waals surface area contributed by atoms with Crippen molar-refractivity contribution < 1.29 is 9.10 Å². The van der Waals surface area contributed by atoms with Crippen molar-refractivity contribution in [3.63, 3.8) is 0 Å². The lowest BCUT2D eigenvalue weighted by atomic mass is 10.0. The van der Waals surface area contributed by atoms with E-state index >= 15 is 0 Å². The molecule has 4 aromatic rings. The van der Waals surface area contributed by atoms with E-state index in [0.29, 0.717) is 16.8 Å². The van der Waals surface area contributed by atoms with Gasteiger partial charge < -0.3 is 4.42 Å². The first-order valence-corrected chi connectivity index (χ1v) is 7.30. The highest BCUT2D eigenvalue weighted by molar-refractivity contribution is 5.89. The third kappa shape index (κ3) is 2.40. The summed E-state index contributed by atoms with van der Waals surface area (Å²) < 4.78 is 6.85. The first-order valence-electron chi connectivity index (χ1n) is 7.30. The summed E-state index contributed by atoms with van der Waals surface area (Å²) in [6.45, 7) is 0. The molecule has 0 N–H and O–H groups in total. The molecule has 0 radical (unpaired) electrons. The zero-order chi connectivity index (χ0) is 15.6. The summed E-state index contributed by atoms with van der Waals surface area (Å²) in [5.41, 5.74) is 3.65. The second-order valence-corrected chi connectivity index (χ2v) is 5.14. The third-order valence-electron chi connectivity index (χ3n) is 3.65. The van der Waals surface area contributed by atoms with E-state index in [0.717, 1.165) is 11.1 Å². The van der Waals surface area contributed by atoms with Crippen molar-refractivity contribution in [3.05, 3.63) is 89.4 Å². The van der Waals surface area contributed by atoms with Crippen LogP contribution in [0.3, 0.4) is 0 Å². The van der Waals surface area contributed by atoms with Crippen molar-refractivity contribution in [2.24, 2.45) is 0 Å². The van der Waals surface area contributed by atoms with Gasteiger partial charge in [0, 0.05) is 27.5 Å². The molecule has 4 nitrogen and oxygen atoms in total. The van der Waals surface area contributed by atoms with Gasteiger partial charge in [-0.2, -0.15) is 4.79 Å². The van der Waals surface area contributed by atoms with Gasteiger partial charge in [0.15, 0.2) is 11.1 Å². The van der Waals surface area contributed by atoms with Crippen molar-refractivity contribution in [1.29, 1.82) is 0 Å². The van der Waals surface area contributed by atoms with Gasteiger partial charge in [-0.3, -0.25) is 0 Å². The number of fused-ring (bicyclic) bond motifs is 1. The molecule has 4 heteroatoms. The van der Waals surface area contributed by atoms with E-state index in [1.807, 2.05) is 78.9 Å². The molecule has 0 atom stereocenters. The highest BCUT2D eigenvalue weighted by Gasteiger charge is 2.19. The van der Waals surface area contributed by atoms with Crippen LogP contribution in [0.15, 0.2) is 88.1 Å². The Morgan fingerprint density at radius 1 is 0.783 bits per heavy atom. The molecule has 0 spiro atoms. The van der Waals surface area contributed by atoms with Crippen LogP contribution < -0.4 is 10.4 Å². The van der Waals surface area contributed by atoms with Gasteiger partial charge in [-0.05, 0) is 11.6 Å². The molecule has 0 aliphatic carbocycles. The fraction of sp³-hybridized carbons (Fsp3) is 0. The van der Waals surface area contributed by atoms with Gasteiger partial charge in [0.25, 0.3) is 0 Å². The Kier molecular flexibility index (Phi) is 3.20. The maximum atomic E-state index is 12.4. The Morgan fingerprint density at radius 3 is 2.22 bits per heavy atom. The summed E-state index contributed by atoms with van der Waals surface area (Å²) >= 11 is 0. The van der Waals surface area contributed by atoms with Crippen LogP contribution in [-0.4, -0.2) is 5.10 Å². The third-order valence-corrected chi connectivity index (χ3v) is 3.65. The van der Waals surface area contributed by atoms with E-state index < -0.39 is 5.76 Å². The number of benzene rings is 3. The van der Waals surface area contributed by atoms with E-state index in [2.05, 4.69) is 5.10 Å². The molecule has 0 aliphatic heterocycles. The number of hydrogen-bond donors (Lipinski definition) is 0. The van der Waals surface area contributed by atoms with Crippen LogP contribution in [0.1, 0.15) is 0 Å². The topological polar surface area (TPSA) is 47.0 Å². The Labute approximate surface area is 132 Å². The average molecular weight is 301 g/mol. The molecule has 0 aliphatic rings. The number of aromatic nitrogens is 2. The highest BCUT2D eigenvalue weighted by Crippen LogP contribution is 2.26. The SMILES string of the molecule is O=c1oc2c(-c3ccccc3)cccc2n[n+]1-c1ccccc1. The molecule has 0 saturated carbocycles. The van der Waals surface area contributed by atoms with Crippen LogP contribution in [0.25, 0.3) is 27.9 Å². The lowest BCUT2D eigenvalue weighted by Crippen LogP contribution is -2.50. The number of para-hydroxylation sites is 2. The lowest BCUT2D eigenvalue weighted by Gasteiger charge is -2.03. The maximum absolute atomic E-state index is 12.4. The van der Waals surface area contributed by atoms with Gasteiger partial charge in [-0.15, -0.1) is 0 Å². The first-order chi connectivity index (χ1) is 11.3. The second kappa shape index (κ2) is 5.50. The Hall–Kier alpha value is -3.27. The summed E-state index contributed by atoms with van der Waals surface area (Å²) in [5.74, 6) is -0.507. The minimum Gasteiger partial charge on any atom is -0.367 e. The molecule has 1 heterocycles. The predicted octanol–water partition coefficient (Wildman–Crippen LogP) is 3.13. The second-order valence-electron chi connectivity index (χ2n) is 5.14. The maximum Gasteiger partial charge on any atom is 0.634 e. The smallest absolute Gasteiger partial charge is 0.367 e. The fourth-order valence-corrected chi connectivity index (χ4v) is 2.57. The molecule has 0 amide bonds. The number of rotatable bonds is 2. The van der Waals surface area contributed by atoms with Crippen LogP contribution >= 0.6 is 0 Å². The van der Waals surface area contributed by atoms with Gasteiger partial charge in [-0.25, -0.2) is 0 Å². The molecular formula is C19H13N2O2+. The van der Waals surface area contributed by atoms with Gasteiger partial charge in [0.2, 0.25) is 5.69 Å². The van der Waals surface area contributed by atoms with Gasteiger partial charge in [-0.1, -0.05) is 60.7 Å². The standard InChI is InChI=1S/C19H13N2O2/c22-19-21(15-10-5-2-6-11-15)20-17-13-7-12-16(18(17)23-19)14-8-3-1-4-9-14/h1-13H/q+1. The van der Waals surface area contributed by atoms with Gasteiger partial charge in [0.05, 0.1) is 0 Å². The molecule has 3 aromatic carbocycles. The van der Waals surface area contributed by atoms with Crippen LogP contribution in [0.5, 0.6) is 0 Å². The van der Waals surface area contributed by atoms with Gasteiger partial charge in [0.1, 0.15) is 0 Å². The monoisotopic (exact) mass is 301 g/mol. The van der Waals surface area contributed by atoms with Crippen molar-refractivity contribution in [2.45, 2.75) is 0 Å². The molecule has 0 bridgehead atoms. The van der Waals surface area contributed by atoms with Crippen LogP contribution in [0.4, 0.5) is 0 Å². The zero-order valence-electron chi connectivity index (χ0n) is 12.2. The van der Waals surface area contributed by atoms with E-state index in [9.17, 15) is 4.79 Å². The van der Waals surface area contributed by atoms with E-state index in [1.165, 1.54) is 4.68 Å². The molecule has 4 rings (SSSR count). The summed E-state index contributed by atoms with van der Waals surface area (Å²) in [7, 11) is 0. The average Bonchev–Trinajstić information content (AvgIpc) is 2.62. The van der Waals surface area contributed by atoms with E-state index in [-0.39, 0.29) is 0 Å². The van der Waals surface area contributed by atoms with Crippen molar-refractivity contribution in [1.82, 2.24) is 5.10 Å². The van der Waals surface area contributed by atoms with Crippen molar-refractivity contribution in [3.8, 4) is 16.8 Å². The van der Waals surface area contributed by atoms with E-state index in [1.54, 1.807) is 0 Å². The summed E-state index contributed by atoms with van der Waals surface area (Å²) in [5, 5.41) is 4.44. The van der Waals surface area contributed by atoms with Gasteiger partial charge >= 0.3 is 5.76 Å². The predicted molar refractivity (Wildman–Crippen MR) is 87.2 cm³/mol. The molecule has 0 saturated heterocycles. The summed E-state index contributed by atoms with van der Waals surface area (Å²) in [6, 6.07) is 24.7. The molecule has 110 valence electrons. The lowest BCUT2D eigenvalue weighted by molar-refractivity contribution is -0.683. The van der Waals surface area contributed by atoms with Crippen molar-refractivity contribution in [2.75, 3.05) is 0 Å². The van der Waals surface area contributed by atoms with Crippen LogP contribution in [-0.2, 0) is 0 Å². The van der Waals surface area contributed by atoms with Crippen LogP contribution in [0, 0.1) is 0 Å². The number of hydrogen-bond acceptors (Lipinski definition) is 3. The molecule has 0 fully saturated rings. The minimum absolute atomic E-state index is 0.496. The molecule has 23 heavy (non-hydrogen) atoms. The molecular weight excluding hydrogens is 288 g/mol. The minimum atomic E-state index is -0.507. The summed E-state index contributed by atoms with van der Waals surface area (Å²) in [4.78, 5) is 12.4.